The van der Waals surface area contributed by atoms with Crippen molar-refractivity contribution >= 4 is 5.91 Å². The molecule has 2 fully saturated rings. The average molecular weight is 335 g/mol. The van der Waals surface area contributed by atoms with Gasteiger partial charge in [-0.1, -0.05) is 19.0 Å². The molecule has 2 saturated heterocycles. The van der Waals surface area contributed by atoms with Crippen molar-refractivity contribution in [1.82, 2.24) is 15.4 Å². The molecule has 6 heteroatoms. The van der Waals surface area contributed by atoms with Gasteiger partial charge in [-0.25, -0.2) is 0 Å². The summed E-state index contributed by atoms with van der Waals surface area (Å²) in [7, 11) is 0. The lowest BCUT2D eigenvalue weighted by Gasteiger charge is -2.38. The summed E-state index contributed by atoms with van der Waals surface area (Å²) < 4.78 is 11.4. The summed E-state index contributed by atoms with van der Waals surface area (Å²) in [6.45, 7) is 11.4. The summed E-state index contributed by atoms with van der Waals surface area (Å²) >= 11 is 0. The van der Waals surface area contributed by atoms with Crippen LogP contribution in [0.15, 0.2) is 4.52 Å². The molecule has 6 nitrogen and oxygen atoms in total. The smallest absolute Gasteiger partial charge is 0.222 e. The Labute approximate surface area is 143 Å². The van der Waals surface area contributed by atoms with E-state index >= 15 is 0 Å². The molecular formula is C18H29N3O3. The maximum Gasteiger partial charge on any atom is 0.222 e. The fourth-order valence-corrected chi connectivity index (χ4v) is 3.72. The van der Waals surface area contributed by atoms with Gasteiger partial charge < -0.3 is 14.6 Å². The van der Waals surface area contributed by atoms with E-state index in [9.17, 15) is 4.79 Å². The molecule has 0 bridgehead atoms. The fraction of sp³-hybridized carbons (Fsp3) is 0.778. The molecule has 1 atom stereocenters. The number of hydrogen-bond donors (Lipinski definition) is 1. The molecule has 134 valence electrons. The van der Waals surface area contributed by atoms with Crippen LogP contribution in [0, 0.1) is 19.8 Å². The van der Waals surface area contributed by atoms with Crippen LogP contribution in [0.1, 0.15) is 50.1 Å². The van der Waals surface area contributed by atoms with Crippen molar-refractivity contribution in [1.29, 1.82) is 0 Å². The van der Waals surface area contributed by atoms with E-state index < -0.39 is 0 Å². The lowest BCUT2D eigenvalue weighted by atomic mass is 9.87. The van der Waals surface area contributed by atoms with Crippen molar-refractivity contribution in [2.75, 3.05) is 19.7 Å². The molecule has 3 rings (SSSR count). The average Bonchev–Trinajstić information content (AvgIpc) is 3.08. The first-order chi connectivity index (χ1) is 11.4. The number of rotatable bonds is 4. The molecule has 2 aliphatic rings. The van der Waals surface area contributed by atoms with E-state index in [1.54, 1.807) is 0 Å². The van der Waals surface area contributed by atoms with Crippen LogP contribution in [0.2, 0.25) is 0 Å². The summed E-state index contributed by atoms with van der Waals surface area (Å²) in [6, 6.07) is 0.161. The van der Waals surface area contributed by atoms with E-state index in [4.69, 9.17) is 9.26 Å². The third-order valence-electron chi connectivity index (χ3n) is 5.41. The second-order valence-electron chi connectivity index (χ2n) is 7.64. The fourth-order valence-electron chi connectivity index (χ4n) is 3.72. The van der Waals surface area contributed by atoms with Gasteiger partial charge in [0.25, 0.3) is 0 Å². The van der Waals surface area contributed by atoms with E-state index in [2.05, 4.69) is 15.4 Å². The number of nitrogens with zero attached hydrogens (tertiary/aromatic N) is 2. The van der Waals surface area contributed by atoms with E-state index in [0.717, 1.165) is 50.4 Å². The molecule has 0 saturated carbocycles. The van der Waals surface area contributed by atoms with Crippen LogP contribution in [0.3, 0.4) is 0 Å². The molecule has 3 heterocycles. The molecule has 1 amide bonds. The van der Waals surface area contributed by atoms with Gasteiger partial charge in [0.15, 0.2) is 0 Å². The number of carbonyl (C=O) groups is 1. The van der Waals surface area contributed by atoms with Crippen LogP contribution in [0.25, 0.3) is 0 Å². The first kappa shape index (κ1) is 17.4. The van der Waals surface area contributed by atoms with Gasteiger partial charge >= 0.3 is 0 Å². The van der Waals surface area contributed by atoms with E-state index in [1.807, 2.05) is 27.7 Å². The normalized spacial score (nSPS) is 24.0. The quantitative estimate of drug-likeness (QED) is 0.913. The Kier molecular flexibility index (Phi) is 4.97. The maximum absolute atomic E-state index is 11.9. The minimum absolute atomic E-state index is 0.0263. The van der Waals surface area contributed by atoms with Crippen molar-refractivity contribution in [2.45, 2.75) is 65.1 Å². The number of aromatic nitrogens is 1. The topological polar surface area (TPSA) is 67.6 Å². The highest BCUT2D eigenvalue weighted by Crippen LogP contribution is 2.36. The van der Waals surface area contributed by atoms with Crippen molar-refractivity contribution in [3.63, 3.8) is 0 Å². The predicted molar refractivity (Wildman–Crippen MR) is 90.6 cm³/mol. The molecule has 2 aliphatic heterocycles. The Morgan fingerprint density at radius 2 is 2.08 bits per heavy atom. The lowest BCUT2D eigenvalue weighted by molar-refractivity contribution is -0.124. The van der Waals surface area contributed by atoms with Gasteiger partial charge in [0.05, 0.1) is 23.9 Å². The molecule has 1 spiro atoms. The van der Waals surface area contributed by atoms with Crippen LogP contribution in [0.4, 0.5) is 0 Å². The molecule has 1 unspecified atom stereocenters. The van der Waals surface area contributed by atoms with E-state index in [-0.39, 0.29) is 23.5 Å². The number of amides is 1. The van der Waals surface area contributed by atoms with Crippen molar-refractivity contribution in [3.05, 3.63) is 17.0 Å². The van der Waals surface area contributed by atoms with Gasteiger partial charge in [0, 0.05) is 31.1 Å². The Balaban J connectivity index is 1.51. The molecule has 0 aromatic carbocycles. The SMILES string of the molecule is Cc1noc(C)c1CN1CCC2(CC1)CC(NC(=O)C(C)C)CO2. The molecule has 1 aromatic heterocycles. The van der Waals surface area contributed by atoms with Gasteiger partial charge in [-0.05, 0) is 33.1 Å². The number of piperidine rings is 1. The Morgan fingerprint density at radius 3 is 2.67 bits per heavy atom. The van der Waals surface area contributed by atoms with Crippen LogP contribution in [-0.4, -0.2) is 47.3 Å². The minimum Gasteiger partial charge on any atom is -0.373 e. The third-order valence-corrected chi connectivity index (χ3v) is 5.41. The largest absolute Gasteiger partial charge is 0.373 e. The Bertz CT molecular complexity index is 569. The van der Waals surface area contributed by atoms with Crippen molar-refractivity contribution in [2.24, 2.45) is 5.92 Å². The van der Waals surface area contributed by atoms with Gasteiger partial charge in [-0.15, -0.1) is 0 Å². The van der Waals surface area contributed by atoms with Gasteiger partial charge in [0.2, 0.25) is 5.91 Å². The van der Waals surface area contributed by atoms with E-state index in [0.29, 0.717) is 6.61 Å². The van der Waals surface area contributed by atoms with Gasteiger partial charge in [-0.2, -0.15) is 0 Å². The van der Waals surface area contributed by atoms with Gasteiger partial charge in [0.1, 0.15) is 5.76 Å². The highest BCUT2D eigenvalue weighted by molar-refractivity contribution is 5.78. The third kappa shape index (κ3) is 3.64. The zero-order valence-corrected chi connectivity index (χ0v) is 15.2. The maximum atomic E-state index is 11.9. The Morgan fingerprint density at radius 1 is 1.38 bits per heavy atom. The molecule has 0 radical (unpaired) electrons. The molecular weight excluding hydrogens is 306 g/mol. The van der Waals surface area contributed by atoms with Crippen molar-refractivity contribution < 1.29 is 14.1 Å². The number of aryl methyl sites for hydroxylation is 2. The highest BCUT2D eigenvalue weighted by atomic mass is 16.5. The Hall–Kier alpha value is -1.40. The lowest BCUT2D eigenvalue weighted by Crippen LogP contribution is -2.45. The monoisotopic (exact) mass is 335 g/mol. The minimum atomic E-state index is -0.0514. The standard InChI is InChI=1S/C18H29N3O3/c1-12(2)17(22)19-15-9-18(23-11-15)5-7-21(8-6-18)10-16-13(3)20-24-14(16)4/h12,15H,5-11H2,1-4H3,(H,19,22). The first-order valence-electron chi connectivity index (χ1n) is 8.97. The molecule has 0 aliphatic carbocycles. The number of nitrogens with one attached hydrogen (secondary N) is 1. The molecule has 24 heavy (non-hydrogen) atoms. The second kappa shape index (κ2) is 6.84. The molecule has 1 aromatic rings. The number of carbonyl (C=O) groups excluding carboxylic acids is 1. The van der Waals surface area contributed by atoms with Crippen LogP contribution < -0.4 is 5.32 Å². The first-order valence-corrected chi connectivity index (χ1v) is 8.97. The zero-order chi connectivity index (χ0) is 17.3. The summed E-state index contributed by atoms with van der Waals surface area (Å²) in [5.74, 6) is 1.07. The van der Waals surface area contributed by atoms with E-state index in [1.165, 1.54) is 5.56 Å². The summed E-state index contributed by atoms with van der Waals surface area (Å²) in [6.07, 6.45) is 2.97. The number of likely N-dealkylation sites (tertiary alicyclic amines) is 1. The predicted octanol–water partition coefficient (Wildman–Crippen LogP) is 2.19. The van der Waals surface area contributed by atoms with Crippen LogP contribution in [0.5, 0.6) is 0 Å². The summed E-state index contributed by atoms with van der Waals surface area (Å²) in [5, 5.41) is 7.15. The number of hydrogen-bond acceptors (Lipinski definition) is 5. The van der Waals surface area contributed by atoms with Crippen LogP contribution in [-0.2, 0) is 16.1 Å². The van der Waals surface area contributed by atoms with Crippen LogP contribution >= 0.6 is 0 Å². The number of ether oxygens (including phenoxy) is 1. The summed E-state index contributed by atoms with van der Waals surface area (Å²) in [4.78, 5) is 14.3. The van der Waals surface area contributed by atoms with Gasteiger partial charge in [-0.3, -0.25) is 9.69 Å². The highest BCUT2D eigenvalue weighted by Gasteiger charge is 2.43. The second-order valence-corrected chi connectivity index (χ2v) is 7.64. The zero-order valence-electron chi connectivity index (χ0n) is 15.2. The molecule has 1 N–H and O–H groups in total. The van der Waals surface area contributed by atoms with Crippen molar-refractivity contribution in [3.8, 4) is 0 Å². The summed E-state index contributed by atoms with van der Waals surface area (Å²) in [5.41, 5.74) is 2.14.